The maximum atomic E-state index is 12.2. The molecule has 233 valence electrons. The minimum Gasteiger partial charge on any atom is 0 e. The molecule has 0 bridgehead atoms. The van der Waals surface area contributed by atoms with Crippen LogP contribution in [-0.4, -0.2) is 38.9 Å². The number of benzene rings is 3. The Kier molecular flexibility index (Phi) is 10.3. The average molecular weight is 846 g/mol. The second-order valence-corrected chi connectivity index (χ2v) is 19.6. The molecule has 3 heterocycles. The number of nitrogens with zero attached hydrogens (tertiary/aromatic N) is 1. The Morgan fingerprint density at radius 2 is 1.52 bits per heavy atom. The standard InChI is InChI=1S/C23H16NSeSi.C15H28O2.Ir/c1-26(2)19-11-5-8-15-21(19)22-17(10-6-12-20(22)26)25-18-13-14-7-3-4-9-16(14)24-23(15)18;1-7-14(5,8-2)12(16)11-13(17)15(6,9-3)10-4;/h3-7,9-13H,1-2H3;11,16H,7-10H2,1-6H3;/q-1;;/b;12-11-;. The molecule has 1 aromatic heterocycles. The molecule has 0 spiro atoms. The normalized spacial score (nSPS) is 14.5. The van der Waals surface area contributed by atoms with Gasteiger partial charge in [0.2, 0.25) is 0 Å². The van der Waals surface area contributed by atoms with Gasteiger partial charge in [-0.3, -0.25) is 4.79 Å². The van der Waals surface area contributed by atoms with Crippen molar-refractivity contribution in [1.82, 2.24) is 4.98 Å². The Balaban J connectivity index is 0.000000218. The zero-order valence-corrected chi connectivity index (χ0v) is 32.3. The van der Waals surface area contributed by atoms with Gasteiger partial charge in [-0.05, 0) is 25.7 Å². The molecule has 0 aliphatic carbocycles. The van der Waals surface area contributed by atoms with Crippen LogP contribution in [0.3, 0.4) is 0 Å². The summed E-state index contributed by atoms with van der Waals surface area (Å²) in [7, 11) is -1.64. The second-order valence-electron chi connectivity index (χ2n) is 13.0. The number of pyridine rings is 1. The SMILES string of the molecule is CCC(C)(CC)C(=O)/C=C(\O)C(C)(CC)CC.C[Si]1(C)c2cc[c-]c3c2-c2c(cccc21)[Se]c1cc2ccccc2nc1-3.[Ir]. The van der Waals surface area contributed by atoms with Crippen molar-refractivity contribution in [3.8, 4) is 22.4 Å². The summed E-state index contributed by atoms with van der Waals surface area (Å²) in [4.78, 5) is 17.3. The van der Waals surface area contributed by atoms with Gasteiger partial charge in [-0.25, -0.2) is 0 Å². The number of hydrogen-bond acceptors (Lipinski definition) is 3. The average Bonchev–Trinajstić information content (AvgIpc) is 3.17. The molecule has 4 aromatic rings. The first kappa shape index (κ1) is 34.5. The Hall–Kier alpha value is -2.33. The van der Waals surface area contributed by atoms with Gasteiger partial charge in [0.05, 0.1) is 0 Å². The summed E-state index contributed by atoms with van der Waals surface area (Å²) in [5.74, 6) is 0.286. The molecule has 6 rings (SSSR count). The Labute approximate surface area is 284 Å². The third kappa shape index (κ3) is 5.85. The topological polar surface area (TPSA) is 50.2 Å². The fraction of sp³-hybridized carbons (Fsp3) is 0.368. The number of aliphatic hydroxyl groups excluding tert-OH is 1. The molecule has 0 saturated carbocycles. The van der Waals surface area contributed by atoms with E-state index < -0.39 is 8.07 Å². The molecule has 0 amide bonds. The van der Waals surface area contributed by atoms with E-state index in [1.165, 1.54) is 37.1 Å². The Morgan fingerprint density at radius 1 is 0.886 bits per heavy atom. The van der Waals surface area contributed by atoms with Crippen molar-refractivity contribution >= 4 is 59.0 Å². The summed E-state index contributed by atoms with van der Waals surface area (Å²) in [6, 6.07) is 25.8. The summed E-state index contributed by atoms with van der Waals surface area (Å²) in [5.41, 5.74) is 5.78. The summed E-state index contributed by atoms with van der Waals surface area (Å²) < 4.78 is 2.88. The van der Waals surface area contributed by atoms with Gasteiger partial charge in [0.15, 0.2) is 5.78 Å². The minimum absolute atomic E-state index is 0. The molecular weight excluding hydrogens is 802 g/mol. The maximum absolute atomic E-state index is 12.2. The molecule has 0 saturated heterocycles. The van der Waals surface area contributed by atoms with Crippen LogP contribution in [0.15, 0.2) is 72.5 Å². The molecule has 44 heavy (non-hydrogen) atoms. The van der Waals surface area contributed by atoms with Crippen molar-refractivity contribution in [3.05, 3.63) is 78.6 Å². The number of para-hydroxylation sites is 1. The summed E-state index contributed by atoms with van der Waals surface area (Å²) >= 11 is 0.261. The number of aromatic nitrogens is 1. The van der Waals surface area contributed by atoms with Crippen molar-refractivity contribution in [2.45, 2.75) is 80.3 Å². The molecular formula is C38H44IrNO2SeSi-. The van der Waals surface area contributed by atoms with Crippen LogP contribution in [0.4, 0.5) is 0 Å². The predicted octanol–water partition coefficient (Wildman–Crippen LogP) is 7.12. The first-order valence-electron chi connectivity index (χ1n) is 15.7. The molecule has 1 radical (unpaired) electrons. The molecule has 3 nitrogen and oxygen atoms in total. The van der Waals surface area contributed by atoms with Crippen molar-refractivity contribution in [2.24, 2.45) is 10.8 Å². The molecule has 0 atom stereocenters. The third-order valence-corrected chi connectivity index (χ3v) is 16.2. The van der Waals surface area contributed by atoms with Crippen LogP contribution in [0.5, 0.6) is 0 Å². The van der Waals surface area contributed by atoms with E-state index in [-0.39, 0.29) is 57.4 Å². The zero-order valence-electron chi connectivity index (χ0n) is 27.2. The molecule has 0 unspecified atom stereocenters. The van der Waals surface area contributed by atoms with Gasteiger partial charge in [0.25, 0.3) is 0 Å². The van der Waals surface area contributed by atoms with Gasteiger partial charge in [-0.15, -0.1) is 0 Å². The molecule has 0 fully saturated rings. The molecule has 3 aromatic carbocycles. The van der Waals surface area contributed by atoms with Crippen LogP contribution in [-0.2, 0) is 24.9 Å². The van der Waals surface area contributed by atoms with E-state index in [0.717, 1.165) is 36.9 Å². The van der Waals surface area contributed by atoms with Crippen molar-refractivity contribution in [2.75, 3.05) is 0 Å². The van der Waals surface area contributed by atoms with E-state index in [9.17, 15) is 9.90 Å². The third-order valence-electron chi connectivity index (χ3n) is 10.4. The number of hydrogen-bond donors (Lipinski definition) is 1. The quantitative estimate of drug-likeness (QED) is 0.0823. The molecule has 2 aliphatic heterocycles. The van der Waals surface area contributed by atoms with E-state index in [1.54, 1.807) is 10.4 Å². The zero-order chi connectivity index (χ0) is 31.2. The van der Waals surface area contributed by atoms with Gasteiger partial charge in [-0.2, -0.15) is 0 Å². The number of carbonyl (C=O) groups is 1. The van der Waals surface area contributed by atoms with E-state index in [4.69, 9.17) is 4.98 Å². The monoisotopic (exact) mass is 847 g/mol. The van der Waals surface area contributed by atoms with Crippen molar-refractivity contribution in [1.29, 1.82) is 0 Å². The Bertz CT molecular complexity index is 1740. The Morgan fingerprint density at radius 3 is 2.18 bits per heavy atom. The van der Waals surface area contributed by atoms with Crippen molar-refractivity contribution in [3.63, 3.8) is 0 Å². The van der Waals surface area contributed by atoms with E-state index >= 15 is 0 Å². The summed E-state index contributed by atoms with van der Waals surface area (Å²) in [6.45, 7) is 17.0. The van der Waals surface area contributed by atoms with Crippen LogP contribution in [0.2, 0.25) is 13.1 Å². The van der Waals surface area contributed by atoms with Crippen molar-refractivity contribution < 1.29 is 30.0 Å². The number of rotatable bonds is 7. The number of carbonyl (C=O) groups excluding carboxylic acids is 1. The van der Waals surface area contributed by atoms with E-state index in [0.29, 0.717) is 0 Å². The fourth-order valence-corrected chi connectivity index (χ4v) is 11.8. The maximum Gasteiger partial charge on any atom is 0 e. The van der Waals surface area contributed by atoms with Gasteiger partial charge < -0.3 is 5.11 Å². The van der Waals surface area contributed by atoms with Gasteiger partial charge in [0.1, 0.15) is 5.76 Å². The number of ketones is 1. The van der Waals surface area contributed by atoms with Crippen LogP contribution >= 0.6 is 0 Å². The largest absolute Gasteiger partial charge is 0 e. The van der Waals surface area contributed by atoms with Crippen LogP contribution in [0.1, 0.15) is 67.2 Å². The predicted molar refractivity (Wildman–Crippen MR) is 186 cm³/mol. The summed E-state index contributed by atoms with van der Waals surface area (Å²) in [5, 5.41) is 14.5. The smallest absolute Gasteiger partial charge is 0 e. The van der Waals surface area contributed by atoms with Crippen LogP contribution in [0.25, 0.3) is 33.3 Å². The van der Waals surface area contributed by atoms with Crippen LogP contribution < -0.4 is 19.3 Å². The first-order valence-corrected chi connectivity index (χ1v) is 20.4. The molecule has 1 N–H and O–H groups in total. The van der Waals surface area contributed by atoms with Gasteiger partial charge in [-0.1, -0.05) is 41.5 Å². The summed E-state index contributed by atoms with van der Waals surface area (Å²) in [6.07, 6.45) is 4.75. The van der Waals surface area contributed by atoms with E-state index in [2.05, 4.69) is 79.8 Å². The van der Waals surface area contributed by atoms with Gasteiger partial charge in [0, 0.05) is 37.0 Å². The van der Waals surface area contributed by atoms with Gasteiger partial charge >= 0.3 is 160 Å². The molecule has 2 aliphatic rings. The number of aliphatic hydroxyl groups is 1. The second kappa shape index (κ2) is 13.2. The minimum atomic E-state index is -1.64. The van der Waals surface area contributed by atoms with Crippen LogP contribution in [0, 0.1) is 16.9 Å². The molecule has 6 heteroatoms. The fourth-order valence-electron chi connectivity index (χ4n) is 6.16. The first-order chi connectivity index (χ1) is 20.4. The number of fused-ring (bicyclic) bond motifs is 3. The number of allylic oxidation sites excluding steroid dienone is 2. The van der Waals surface area contributed by atoms with E-state index in [1.807, 2.05) is 41.5 Å².